The molecule has 0 N–H and O–H groups in total. The molecule has 0 spiro atoms. The molecule has 196 valence electrons. The number of benzene rings is 3. The topological polar surface area (TPSA) is 111 Å². The van der Waals surface area contributed by atoms with E-state index in [0.29, 0.717) is 5.56 Å². The minimum Gasteiger partial charge on any atom is -0.456 e. The predicted octanol–water partition coefficient (Wildman–Crippen LogP) is 5.15. The van der Waals surface area contributed by atoms with Crippen LogP contribution in [-0.2, 0) is 15.1 Å². The van der Waals surface area contributed by atoms with Crippen LogP contribution in [0.5, 0.6) is 6.01 Å². The summed E-state index contributed by atoms with van der Waals surface area (Å²) >= 11 is 0. The van der Waals surface area contributed by atoms with Gasteiger partial charge < -0.3 is 14.2 Å². The quantitative estimate of drug-likeness (QED) is 0.138. The van der Waals surface area contributed by atoms with Gasteiger partial charge in [0.25, 0.3) is 5.56 Å². The van der Waals surface area contributed by atoms with Crippen LogP contribution in [0, 0.1) is 12.8 Å². The molecular weight excluding hydrogens is 494 g/mol. The first-order valence-electron chi connectivity index (χ1n) is 12.8. The molecule has 39 heavy (non-hydrogen) atoms. The fraction of sp³-hybridized carbons (Fsp3) is 0.267. The van der Waals surface area contributed by atoms with Crippen molar-refractivity contribution in [3.8, 4) is 6.01 Å². The van der Waals surface area contributed by atoms with Crippen molar-refractivity contribution in [3.63, 3.8) is 0 Å². The van der Waals surface area contributed by atoms with Crippen LogP contribution in [0.1, 0.15) is 28.5 Å². The van der Waals surface area contributed by atoms with E-state index >= 15 is 0 Å². The van der Waals surface area contributed by atoms with Gasteiger partial charge >= 0.3 is 6.01 Å². The number of ether oxygens (including phenoxy) is 3. The van der Waals surface area contributed by atoms with E-state index in [0.717, 1.165) is 16.7 Å². The van der Waals surface area contributed by atoms with Gasteiger partial charge in [0, 0.05) is 29.1 Å². The number of azide groups is 1. The molecule has 4 aromatic rings. The summed E-state index contributed by atoms with van der Waals surface area (Å²) in [6.07, 6.45) is 0.260. The van der Waals surface area contributed by atoms with Crippen LogP contribution in [-0.4, -0.2) is 34.9 Å². The zero-order valence-electron chi connectivity index (χ0n) is 21.3. The van der Waals surface area contributed by atoms with Crippen molar-refractivity contribution < 1.29 is 14.2 Å². The Morgan fingerprint density at radius 1 is 0.974 bits per heavy atom. The van der Waals surface area contributed by atoms with Crippen molar-refractivity contribution in [3.05, 3.63) is 140 Å². The highest BCUT2D eigenvalue weighted by Crippen LogP contribution is 2.45. The highest BCUT2D eigenvalue weighted by atomic mass is 16.6. The van der Waals surface area contributed by atoms with Crippen LogP contribution < -0.4 is 10.3 Å². The van der Waals surface area contributed by atoms with E-state index < -0.39 is 24.0 Å². The Hall–Kier alpha value is -4.43. The minimum absolute atomic E-state index is 0.151. The SMILES string of the molecule is Cc1cn2c(nc1=O)O[C@H]1[C@H](CN=[N+]=[N-])[C@@H](COC(c3ccccc3)(c3ccccc3)c3ccccc3)O[C@H]12. The van der Waals surface area contributed by atoms with Crippen LogP contribution in [0.3, 0.4) is 0 Å². The van der Waals surface area contributed by atoms with Gasteiger partial charge in [-0.2, -0.15) is 4.98 Å². The van der Waals surface area contributed by atoms with Crippen molar-refractivity contribution in [2.24, 2.45) is 11.0 Å². The maximum Gasteiger partial charge on any atom is 0.302 e. The molecule has 2 aliphatic heterocycles. The fourth-order valence-electron chi connectivity index (χ4n) is 5.58. The number of rotatable bonds is 8. The Kier molecular flexibility index (Phi) is 6.62. The zero-order valence-corrected chi connectivity index (χ0v) is 21.3. The van der Waals surface area contributed by atoms with E-state index in [1.165, 1.54) is 0 Å². The molecule has 0 amide bonds. The van der Waals surface area contributed by atoms with Crippen molar-refractivity contribution in [1.29, 1.82) is 0 Å². The molecule has 4 atom stereocenters. The van der Waals surface area contributed by atoms with E-state index in [1.54, 1.807) is 17.7 Å². The Bertz CT molecular complexity index is 1460. The molecule has 0 bridgehead atoms. The lowest BCUT2D eigenvalue weighted by molar-refractivity contribution is -0.0827. The Morgan fingerprint density at radius 2 is 1.54 bits per heavy atom. The summed E-state index contributed by atoms with van der Waals surface area (Å²) in [5.41, 5.74) is 11.3. The van der Waals surface area contributed by atoms with Crippen LogP contribution in [0.4, 0.5) is 0 Å². The largest absolute Gasteiger partial charge is 0.456 e. The molecule has 2 aliphatic rings. The number of aromatic nitrogens is 2. The highest BCUT2D eigenvalue weighted by molar-refractivity contribution is 5.47. The third-order valence-electron chi connectivity index (χ3n) is 7.46. The van der Waals surface area contributed by atoms with E-state index in [4.69, 9.17) is 19.7 Å². The molecule has 0 unspecified atom stereocenters. The average Bonchev–Trinajstić information content (AvgIpc) is 3.49. The summed E-state index contributed by atoms with van der Waals surface area (Å²) in [4.78, 5) is 19.1. The molecule has 9 heteroatoms. The maximum absolute atomic E-state index is 12.1. The van der Waals surface area contributed by atoms with Gasteiger partial charge in [-0.1, -0.05) is 96.1 Å². The van der Waals surface area contributed by atoms with Crippen LogP contribution >= 0.6 is 0 Å². The lowest BCUT2D eigenvalue weighted by Gasteiger charge is -2.37. The zero-order chi connectivity index (χ0) is 26.8. The molecule has 0 saturated carbocycles. The highest BCUT2D eigenvalue weighted by Gasteiger charge is 2.52. The van der Waals surface area contributed by atoms with Gasteiger partial charge in [0.2, 0.25) is 0 Å². The van der Waals surface area contributed by atoms with Gasteiger partial charge in [0.15, 0.2) is 12.3 Å². The van der Waals surface area contributed by atoms with Crippen LogP contribution in [0.25, 0.3) is 10.4 Å². The van der Waals surface area contributed by atoms with E-state index in [2.05, 4.69) is 51.4 Å². The molecule has 0 radical (unpaired) electrons. The summed E-state index contributed by atoms with van der Waals surface area (Å²) in [6.45, 7) is 2.05. The molecule has 0 aliphatic carbocycles. The Morgan fingerprint density at radius 3 is 2.08 bits per heavy atom. The third kappa shape index (κ3) is 4.36. The molecule has 3 aromatic carbocycles. The first-order valence-corrected chi connectivity index (χ1v) is 12.8. The third-order valence-corrected chi connectivity index (χ3v) is 7.46. The molecule has 1 fully saturated rings. The van der Waals surface area contributed by atoms with Crippen LogP contribution in [0.2, 0.25) is 0 Å². The first kappa shape index (κ1) is 24.9. The number of nitrogens with zero attached hydrogens (tertiary/aromatic N) is 5. The molecule has 1 saturated heterocycles. The van der Waals surface area contributed by atoms with Gasteiger partial charge in [-0.05, 0) is 29.1 Å². The number of hydrogen-bond acceptors (Lipinski definition) is 6. The average molecular weight is 522 g/mol. The fourth-order valence-corrected chi connectivity index (χ4v) is 5.58. The molecule has 3 heterocycles. The molecule has 1 aromatic heterocycles. The van der Waals surface area contributed by atoms with Gasteiger partial charge in [0.1, 0.15) is 5.60 Å². The lowest BCUT2D eigenvalue weighted by Crippen LogP contribution is -2.39. The maximum atomic E-state index is 12.1. The predicted molar refractivity (Wildman–Crippen MR) is 144 cm³/mol. The van der Waals surface area contributed by atoms with Gasteiger partial charge in [-0.25, -0.2) is 0 Å². The number of hydrogen-bond donors (Lipinski definition) is 0. The Labute approximate surface area is 225 Å². The normalized spacial score (nSPS) is 21.5. The van der Waals surface area contributed by atoms with Crippen molar-refractivity contribution in [2.75, 3.05) is 13.2 Å². The first-order chi connectivity index (χ1) is 19.1. The van der Waals surface area contributed by atoms with Crippen LogP contribution in [0.15, 0.2) is 107 Å². The molecule has 9 nitrogen and oxygen atoms in total. The van der Waals surface area contributed by atoms with E-state index in [-0.39, 0.29) is 30.6 Å². The standard InChI is InChI=1S/C30H27N5O4/c1-20-18-35-28-26(39-29(35)33-27(20)36)24(17-32-34-31)25(38-28)19-37-30(21-11-5-2-6-12-21,22-13-7-3-8-14-22)23-15-9-4-10-16-23/h2-16,18,24-26,28H,17,19H2,1H3/t24-,25-,26+,28-/m1/s1. The summed E-state index contributed by atoms with van der Waals surface area (Å²) in [7, 11) is 0. The second kappa shape index (κ2) is 10.4. The monoisotopic (exact) mass is 521 g/mol. The van der Waals surface area contributed by atoms with E-state index in [9.17, 15) is 4.79 Å². The lowest BCUT2D eigenvalue weighted by atomic mass is 9.80. The summed E-state index contributed by atoms with van der Waals surface area (Å²) in [5.74, 6) is -0.317. The van der Waals surface area contributed by atoms with Crippen molar-refractivity contribution in [1.82, 2.24) is 9.55 Å². The van der Waals surface area contributed by atoms with Gasteiger partial charge in [-0.3, -0.25) is 9.36 Å². The Balaban J connectivity index is 1.40. The van der Waals surface area contributed by atoms with E-state index in [1.807, 2.05) is 54.6 Å². The number of aryl methyl sites for hydroxylation is 1. The number of fused-ring (bicyclic) bond motifs is 3. The second-order valence-corrected chi connectivity index (χ2v) is 9.73. The molecule has 6 rings (SSSR count). The second-order valence-electron chi connectivity index (χ2n) is 9.73. The van der Waals surface area contributed by atoms with Gasteiger partial charge in [-0.15, -0.1) is 0 Å². The summed E-state index contributed by atoms with van der Waals surface area (Å²) in [5, 5.41) is 3.85. The van der Waals surface area contributed by atoms with Crippen molar-refractivity contribution in [2.45, 2.75) is 31.0 Å². The molecular formula is C30H27N5O4. The summed E-state index contributed by atoms with van der Waals surface area (Å²) in [6, 6.07) is 30.5. The van der Waals surface area contributed by atoms with Crippen molar-refractivity contribution >= 4 is 0 Å². The smallest absolute Gasteiger partial charge is 0.302 e. The minimum atomic E-state index is -0.921. The van der Waals surface area contributed by atoms with Gasteiger partial charge in [0.05, 0.1) is 12.7 Å². The summed E-state index contributed by atoms with van der Waals surface area (Å²) < 4.78 is 21.3.